The summed E-state index contributed by atoms with van der Waals surface area (Å²) in [5.41, 5.74) is -0.700. The zero-order valence-corrected chi connectivity index (χ0v) is 5.59. The van der Waals surface area contributed by atoms with Gasteiger partial charge in [-0.15, -0.1) is 0 Å². The second-order valence-corrected chi connectivity index (χ2v) is 2.93. The van der Waals surface area contributed by atoms with Crippen molar-refractivity contribution in [3.8, 4) is 6.07 Å². The van der Waals surface area contributed by atoms with Gasteiger partial charge in [0.05, 0.1) is 17.6 Å². The van der Waals surface area contributed by atoms with Crippen molar-refractivity contribution in [2.24, 2.45) is 5.92 Å². The number of aliphatic hydroxyl groups is 1. The summed E-state index contributed by atoms with van der Waals surface area (Å²) in [6.07, 6.45) is 2.64. The number of nitrogens with zero attached hydrogens (tertiary/aromatic N) is 1. The van der Waals surface area contributed by atoms with E-state index in [1.54, 1.807) is 6.92 Å². The molecule has 1 saturated carbocycles. The molecule has 2 nitrogen and oxygen atoms in total. The van der Waals surface area contributed by atoms with Crippen LogP contribution in [0.25, 0.3) is 0 Å². The van der Waals surface area contributed by atoms with Crippen LogP contribution in [0.4, 0.5) is 0 Å². The van der Waals surface area contributed by atoms with Gasteiger partial charge in [0.1, 0.15) is 0 Å². The van der Waals surface area contributed by atoms with Crippen LogP contribution < -0.4 is 0 Å². The molecule has 0 heterocycles. The van der Waals surface area contributed by atoms with Gasteiger partial charge >= 0.3 is 0 Å². The van der Waals surface area contributed by atoms with Crippen LogP contribution in [-0.2, 0) is 0 Å². The minimum atomic E-state index is -0.700. The molecule has 1 aliphatic rings. The Bertz CT molecular complexity index is 145. The summed E-state index contributed by atoms with van der Waals surface area (Å²) >= 11 is 0. The van der Waals surface area contributed by atoms with E-state index < -0.39 is 5.60 Å². The van der Waals surface area contributed by atoms with Gasteiger partial charge in [0.25, 0.3) is 0 Å². The third-order valence-electron chi connectivity index (χ3n) is 2.08. The highest BCUT2D eigenvalue weighted by Gasteiger charge is 2.36. The van der Waals surface area contributed by atoms with Gasteiger partial charge in [0, 0.05) is 0 Å². The number of nitriles is 1. The van der Waals surface area contributed by atoms with Crippen LogP contribution in [0.3, 0.4) is 0 Å². The second kappa shape index (κ2) is 2.00. The van der Waals surface area contributed by atoms with E-state index >= 15 is 0 Å². The number of hydrogen-bond donors (Lipinski definition) is 1. The molecule has 2 unspecified atom stereocenters. The Morgan fingerprint density at radius 1 is 1.78 bits per heavy atom. The van der Waals surface area contributed by atoms with Crippen molar-refractivity contribution in [2.75, 3.05) is 0 Å². The number of hydrogen-bond acceptors (Lipinski definition) is 2. The van der Waals surface area contributed by atoms with E-state index in [1.165, 1.54) is 0 Å². The molecule has 1 N–H and O–H groups in total. The van der Waals surface area contributed by atoms with Crippen LogP contribution in [0.1, 0.15) is 26.2 Å². The predicted octanol–water partition coefficient (Wildman–Crippen LogP) is 1.06. The third kappa shape index (κ3) is 1.06. The highest BCUT2D eigenvalue weighted by molar-refractivity contribution is 5.00. The van der Waals surface area contributed by atoms with Gasteiger partial charge in [0.2, 0.25) is 0 Å². The first-order valence-corrected chi connectivity index (χ1v) is 3.29. The Morgan fingerprint density at radius 2 is 2.44 bits per heavy atom. The molecule has 0 bridgehead atoms. The van der Waals surface area contributed by atoms with Crippen molar-refractivity contribution in [3.63, 3.8) is 0 Å². The largest absolute Gasteiger partial charge is 0.389 e. The lowest BCUT2D eigenvalue weighted by Gasteiger charge is -2.18. The Hall–Kier alpha value is -0.550. The normalized spacial score (nSPS) is 42.6. The molecule has 2 atom stereocenters. The smallest absolute Gasteiger partial charge is 0.0777 e. The van der Waals surface area contributed by atoms with E-state index in [-0.39, 0.29) is 5.92 Å². The average molecular weight is 125 g/mol. The van der Waals surface area contributed by atoms with Crippen LogP contribution in [0.5, 0.6) is 0 Å². The van der Waals surface area contributed by atoms with E-state index in [0.29, 0.717) is 0 Å². The van der Waals surface area contributed by atoms with Gasteiger partial charge in [-0.2, -0.15) is 5.26 Å². The molecule has 0 aliphatic heterocycles. The standard InChI is InChI=1S/C7H11NO/c1-7(9)4-2-3-6(7)5-8/h6,9H,2-4H2,1H3. The molecule has 0 aromatic heterocycles. The zero-order valence-electron chi connectivity index (χ0n) is 5.59. The zero-order chi connectivity index (χ0) is 6.91. The summed E-state index contributed by atoms with van der Waals surface area (Å²) in [5.74, 6) is -0.127. The first kappa shape index (κ1) is 6.57. The van der Waals surface area contributed by atoms with Crippen LogP contribution in [0.15, 0.2) is 0 Å². The van der Waals surface area contributed by atoms with Gasteiger partial charge in [-0.25, -0.2) is 0 Å². The highest BCUT2D eigenvalue weighted by atomic mass is 16.3. The van der Waals surface area contributed by atoms with E-state index in [1.807, 2.05) is 0 Å². The third-order valence-corrected chi connectivity index (χ3v) is 2.08. The summed E-state index contributed by atoms with van der Waals surface area (Å²) in [4.78, 5) is 0. The van der Waals surface area contributed by atoms with Gasteiger partial charge in [-0.05, 0) is 26.2 Å². The molecule has 50 valence electrons. The van der Waals surface area contributed by atoms with E-state index in [0.717, 1.165) is 19.3 Å². The van der Waals surface area contributed by atoms with E-state index in [9.17, 15) is 5.11 Å². The van der Waals surface area contributed by atoms with E-state index in [2.05, 4.69) is 6.07 Å². The lowest BCUT2D eigenvalue weighted by atomic mass is 9.95. The molecule has 9 heavy (non-hydrogen) atoms. The fourth-order valence-electron chi connectivity index (χ4n) is 1.35. The number of rotatable bonds is 0. The molecule has 0 radical (unpaired) electrons. The van der Waals surface area contributed by atoms with Gasteiger partial charge in [0.15, 0.2) is 0 Å². The predicted molar refractivity (Wildman–Crippen MR) is 33.6 cm³/mol. The SMILES string of the molecule is CC1(O)CCCC1C#N. The van der Waals surface area contributed by atoms with Gasteiger partial charge < -0.3 is 5.11 Å². The second-order valence-electron chi connectivity index (χ2n) is 2.93. The molecule has 1 fully saturated rings. The first-order chi connectivity index (χ1) is 4.17. The van der Waals surface area contributed by atoms with Crippen molar-refractivity contribution >= 4 is 0 Å². The Balaban J connectivity index is 2.65. The van der Waals surface area contributed by atoms with Crippen LogP contribution in [0, 0.1) is 17.2 Å². The van der Waals surface area contributed by atoms with Crippen molar-refractivity contribution < 1.29 is 5.11 Å². The molecule has 0 aromatic rings. The van der Waals surface area contributed by atoms with Crippen molar-refractivity contribution in [1.29, 1.82) is 5.26 Å². The minimum Gasteiger partial charge on any atom is -0.389 e. The molecule has 0 amide bonds. The fraction of sp³-hybridized carbons (Fsp3) is 0.857. The topological polar surface area (TPSA) is 44.0 Å². The maximum absolute atomic E-state index is 9.43. The van der Waals surface area contributed by atoms with Crippen molar-refractivity contribution in [2.45, 2.75) is 31.8 Å². The molecular formula is C7H11NO. The van der Waals surface area contributed by atoms with Crippen molar-refractivity contribution in [3.05, 3.63) is 0 Å². The average Bonchev–Trinajstić information content (AvgIpc) is 2.08. The lowest BCUT2D eigenvalue weighted by molar-refractivity contribution is 0.0415. The van der Waals surface area contributed by atoms with Gasteiger partial charge in [-0.3, -0.25) is 0 Å². The molecule has 0 aromatic carbocycles. The Kier molecular flexibility index (Phi) is 1.46. The fourth-order valence-corrected chi connectivity index (χ4v) is 1.35. The molecule has 1 aliphatic carbocycles. The molecular weight excluding hydrogens is 114 g/mol. The summed E-state index contributed by atoms with van der Waals surface area (Å²) in [6.45, 7) is 1.74. The Morgan fingerprint density at radius 3 is 2.67 bits per heavy atom. The molecule has 0 spiro atoms. The van der Waals surface area contributed by atoms with Crippen molar-refractivity contribution in [1.82, 2.24) is 0 Å². The summed E-state index contributed by atoms with van der Waals surface area (Å²) in [6, 6.07) is 2.10. The van der Waals surface area contributed by atoms with E-state index in [4.69, 9.17) is 5.26 Å². The minimum absolute atomic E-state index is 0.127. The lowest BCUT2D eigenvalue weighted by Crippen LogP contribution is -2.27. The maximum Gasteiger partial charge on any atom is 0.0777 e. The quantitative estimate of drug-likeness (QED) is 0.526. The maximum atomic E-state index is 9.43. The highest BCUT2D eigenvalue weighted by Crippen LogP contribution is 2.34. The monoisotopic (exact) mass is 125 g/mol. The summed E-state index contributed by atoms with van der Waals surface area (Å²) in [7, 11) is 0. The van der Waals surface area contributed by atoms with Crippen LogP contribution in [-0.4, -0.2) is 10.7 Å². The molecule has 0 saturated heterocycles. The molecule has 2 heteroatoms. The Labute approximate surface area is 55.1 Å². The van der Waals surface area contributed by atoms with Crippen LogP contribution in [0.2, 0.25) is 0 Å². The van der Waals surface area contributed by atoms with Crippen LogP contribution >= 0.6 is 0 Å². The summed E-state index contributed by atoms with van der Waals surface area (Å²) in [5, 5.41) is 17.9. The molecule has 1 rings (SSSR count). The van der Waals surface area contributed by atoms with Gasteiger partial charge in [-0.1, -0.05) is 0 Å². The first-order valence-electron chi connectivity index (χ1n) is 3.29. The summed E-state index contributed by atoms with van der Waals surface area (Å²) < 4.78 is 0.